The summed E-state index contributed by atoms with van der Waals surface area (Å²) >= 11 is 0. The molecule has 3 nitrogen and oxygen atoms in total. The van der Waals surface area contributed by atoms with Crippen LogP contribution in [0, 0.1) is 5.82 Å². The molecule has 1 atom stereocenters. The third kappa shape index (κ3) is 4.79. The maximum atomic E-state index is 12.7. The SMILES string of the molecule is CCCN(CC)CCC(N)c1ccc(F)cn1. The van der Waals surface area contributed by atoms with E-state index < -0.39 is 0 Å². The van der Waals surface area contributed by atoms with Crippen molar-refractivity contribution in [2.24, 2.45) is 5.73 Å². The van der Waals surface area contributed by atoms with Crippen molar-refractivity contribution in [2.45, 2.75) is 32.7 Å². The molecule has 0 bridgehead atoms. The van der Waals surface area contributed by atoms with Gasteiger partial charge in [0, 0.05) is 6.04 Å². The summed E-state index contributed by atoms with van der Waals surface area (Å²) in [6.07, 6.45) is 3.23. The molecule has 0 radical (unpaired) electrons. The largest absolute Gasteiger partial charge is 0.323 e. The Morgan fingerprint density at radius 1 is 1.35 bits per heavy atom. The van der Waals surface area contributed by atoms with Gasteiger partial charge in [-0.05, 0) is 44.6 Å². The zero-order valence-electron chi connectivity index (χ0n) is 10.7. The topological polar surface area (TPSA) is 42.1 Å². The lowest BCUT2D eigenvalue weighted by molar-refractivity contribution is 0.276. The van der Waals surface area contributed by atoms with Crippen LogP contribution in [-0.4, -0.2) is 29.5 Å². The minimum atomic E-state index is -0.317. The first kappa shape index (κ1) is 14.1. The summed E-state index contributed by atoms with van der Waals surface area (Å²) in [6, 6.07) is 2.96. The number of hydrogen-bond donors (Lipinski definition) is 1. The smallest absolute Gasteiger partial charge is 0.141 e. The van der Waals surface area contributed by atoms with Crippen LogP contribution in [0.1, 0.15) is 38.4 Å². The van der Waals surface area contributed by atoms with E-state index in [0.29, 0.717) is 0 Å². The number of aromatic nitrogens is 1. The molecule has 1 aromatic rings. The first-order chi connectivity index (χ1) is 8.17. The summed E-state index contributed by atoms with van der Waals surface area (Å²) in [5.74, 6) is -0.317. The van der Waals surface area contributed by atoms with Crippen LogP contribution in [0.5, 0.6) is 0 Å². The number of pyridine rings is 1. The van der Waals surface area contributed by atoms with Crippen LogP contribution in [0.4, 0.5) is 4.39 Å². The lowest BCUT2D eigenvalue weighted by Gasteiger charge is -2.21. The fraction of sp³-hybridized carbons (Fsp3) is 0.615. The second kappa shape index (κ2) is 7.35. The van der Waals surface area contributed by atoms with E-state index in [4.69, 9.17) is 5.73 Å². The highest BCUT2D eigenvalue weighted by Gasteiger charge is 2.09. The molecular weight excluding hydrogens is 217 g/mol. The summed E-state index contributed by atoms with van der Waals surface area (Å²) in [6.45, 7) is 7.42. The lowest BCUT2D eigenvalue weighted by atomic mass is 10.1. The van der Waals surface area contributed by atoms with E-state index in [-0.39, 0.29) is 11.9 Å². The van der Waals surface area contributed by atoms with Gasteiger partial charge in [0.15, 0.2) is 0 Å². The Kier molecular flexibility index (Phi) is 6.08. The van der Waals surface area contributed by atoms with Crippen molar-refractivity contribution >= 4 is 0 Å². The normalized spacial score (nSPS) is 13.0. The molecule has 1 heterocycles. The van der Waals surface area contributed by atoms with Gasteiger partial charge in [0.25, 0.3) is 0 Å². The minimum absolute atomic E-state index is 0.110. The lowest BCUT2D eigenvalue weighted by Crippen LogP contribution is -2.28. The fourth-order valence-corrected chi connectivity index (χ4v) is 1.82. The summed E-state index contributed by atoms with van der Waals surface area (Å²) in [5, 5.41) is 0. The Morgan fingerprint density at radius 3 is 2.65 bits per heavy atom. The Bertz CT molecular complexity index is 313. The zero-order chi connectivity index (χ0) is 12.7. The van der Waals surface area contributed by atoms with Crippen molar-refractivity contribution in [1.29, 1.82) is 0 Å². The molecule has 4 heteroatoms. The average molecular weight is 239 g/mol. The molecule has 1 unspecified atom stereocenters. The number of rotatable bonds is 7. The van der Waals surface area contributed by atoms with E-state index in [9.17, 15) is 4.39 Å². The summed E-state index contributed by atoms with van der Waals surface area (Å²) < 4.78 is 12.7. The van der Waals surface area contributed by atoms with Gasteiger partial charge in [-0.1, -0.05) is 13.8 Å². The highest BCUT2D eigenvalue weighted by molar-refractivity contribution is 5.09. The van der Waals surface area contributed by atoms with E-state index in [1.54, 1.807) is 6.07 Å². The van der Waals surface area contributed by atoms with Gasteiger partial charge in [-0.15, -0.1) is 0 Å². The van der Waals surface area contributed by atoms with Crippen LogP contribution in [0.15, 0.2) is 18.3 Å². The molecule has 0 aliphatic rings. The van der Waals surface area contributed by atoms with Crippen LogP contribution in [0.2, 0.25) is 0 Å². The second-order valence-electron chi connectivity index (χ2n) is 4.23. The first-order valence-corrected chi connectivity index (χ1v) is 6.26. The van der Waals surface area contributed by atoms with E-state index in [1.807, 2.05) is 0 Å². The molecule has 0 saturated carbocycles. The monoisotopic (exact) mass is 239 g/mol. The molecule has 0 aromatic carbocycles. The Hall–Kier alpha value is -1.00. The van der Waals surface area contributed by atoms with Crippen LogP contribution in [-0.2, 0) is 0 Å². The second-order valence-corrected chi connectivity index (χ2v) is 4.23. The number of nitrogens with zero attached hydrogens (tertiary/aromatic N) is 2. The number of halogens is 1. The maximum Gasteiger partial charge on any atom is 0.141 e. The highest BCUT2D eigenvalue weighted by Crippen LogP contribution is 2.12. The minimum Gasteiger partial charge on any atom is -0.323 e. The fourth-order valence-electron chi connectivity index (χ4n) is 1.82. The van der Waals surface area contributed by atoms with Crippen molar-refractivity contribution in [1.82, 2.24) is 9.88 Å². The van der Waals surface area contributed by atoms with Crippen molar-refractivity contribution in [3.05, 3.63) is 29.8 Å². The molecule has 0 aliphatic carbocycles. The van der Waals surface area contributed by atoms with Crippen molar-refractivity contribution in [3.8, 4) is 0 Å². The quantitative estimate of drug-likeness (QED) is 0.794. The molecule has 0 saturated heterocycles. The van der Waals surface area contributed by atoms with Crippen LogP contribution in [0.3, 0.4) is 0 Å². The van der Waals surface area contributed by atoms with Gasteiger partial charge in [0.05, 0.1) is 11.9 Å². The summed E-state index contributed by atoms with van der Waals surface area (Å²) in [5.41, 5.74) is 6.80. The van der Waals surface area contributed by atoms with E-state index in [1.165, 1.54) is 12.3 Å². The molecule has 0 amide bonds. The predicted molar refractivity (Wildman–Crippen MR) is 68.1 cm³/mol. The Balaban J connectivity index is 2.43. The molecule has 1 rings (SSSR count). The van der Waals surface area contributed by atoms with Crippen molar-refractivity contribution < 1.29 is 4.39 Å². The van der Waals surface area contributed by atoms with Gasteiger partial charge in [-0.25, -0.2) is 4.39 Å². The van der Waals surface area contributed by atoms with Crippen molar-refractivity contribution in [3.63, 3.8) is 0 Å². The highest BCUT2D eigenvalue weighted by atomic mass is 19.1. The van der Waals surface area contributed by atoms with Gasteiger partial charge in [0.2, 0.25) is 0 Å². The maximum absolute atomic E-state index is 12.7. The van der Waals surface area contributed by atoms with E-state index >= 15 is 0 Å². The summed E-state index contributed by atoms with van der Waals surface area (Å²) in [4.78, 5) is 6.37. The molecule has 17 heavy (non-hydrogen) atoms. The standard InChI is InChI=1S/C13H22FN3/c1-3-8-17(4-2)9-7-12(15)13-6-5-11(14)10-16-13/h5-6,10,12H,3-4,7-9,15H2,1-2H3. The summed E-state index contributed by atoms with van der Waals surface area (Å²) in [7, 11) is 0. The molecule has 2 N–H and O–H groups in total. The average Bonchev–Trinajstić information content (AvgIpc) is 2.35. The Labute approximate surface area is 103 Å². The number of nitrogens with two attached hydrogens (primary N) is 1. The predicted octanol–water partition coefficient (Wildman–Crippen LogP) is 2.34. The molecule has 0 aliphatic heterocycles. The van der Waals surface area contributed by atoms with Crippen molar-refractivity contribution in [2.75, 3.05) is 19.6 Å². The van der Waals surface area contributed by atoms with E-state index in [2.05, 4.69) is 23.7 Å². The van der Waals surface area contributed by atoms with Gasteiger partial charge in [0.1, 0.15) is 5.82 Å². The van der Waals surface area contributed by atoms with E-state index in [0.717, 1.165) is 38.2 Å². The third-order valence-corrected chi connectivity index (χ3v) is 2.87. The zero-order valence-corrected chi connectivity index (χ0v) is 10.7. The van der Waals surface area contributed by atoms with Crippen LogP contribution >= 0.6 is 0 Å². The first-order valence-electron chi connectivity index (χ1n) is 6.26. The van der Waals surface area contributed by atoms with Crippen LogP contribution in [0.25, 0.3) is 0 Å². The molecule has 1 aromatic heterocycles. The van der Waals surface area contributed by atoms with Gasteiger partial charge >= 0.3 is 0 Å². The molecule has 0 fully saturated rings. The van der Waals surface area contributed by atoms with Crippen LogP contribution < -0.4 is 5.73 Å². The van der Waals surface area contributed by atoms with Gasteiger partial charge < -0.3 is 10.6 Å². The Morgan fingerprint density at radius 2 is 2.12 bits per heavy atom. The van der Waals surface area contributed by atoms with Gasteiger partial charge in [-0.3, -0.25) is 4.98 Å². The molecule has 96 valence electrons. The molecule has 0 spiro atoms. The van der Waals surface area contributed by atoms with Gasteiger partial charge in [-0.2, -0.15) is 0 Å². The molecular formula is C13H22FN3. The third-order valence-electron chi connectivity index (χ3n) is 2.87. The number of hydrogen-bond acceptors (Lipinski definition) is 3.